The highest BCUT2D eigenvalue weighted by molar-refractivity contribution is 7.92. The molecule has 27 heavy (non-hydrogen) atoms. The quantitative estimate of drug-likeness (QED) is 0.803. The topological polar surface area (TPSA) is 69.7 Å². The predicted molar refractivity (Wildman–Crippen MR) is 109 cm³/mol. The summed E-state index contributed by atoms with van der Waals surface area (Å²) in [5.74, 6) is 1.46. The van der Waals surface area contributed by atoms with Gasteiger partial charge in [0.05, 0.1) is 11.9 Å². The number of rotatable bonds is 2. The van der Waals surface area contributed by atoms with E-state index in [1.54, 1.807) is 12.1 Å². The summed E-state index contributed by atoms with van der Waals surface area (Å²) in [6.07, 6.45) is 4.01. The maximum Gasteiger partial charge on any atom is 0.253 e. The molecule has 3 heterocycles. The van der Waals surface area contributed by atoms with Crippen LogP contribution in [0, 0.1) is 11.8 Å². The second kappa shape index (κ2) is 7.60. The number of amides is 1. The van der Waals surface area contributed by atoms with Gasteiger partial charge >= 0.3 is 0 Å². The normalized spacial score (nSPS) is 27.6. The molecule has 0 aliphatic carbocycles. The van der Waals surface area contributed by atoms with Crippen LogP contribution in [0.3, 0.4) is 0 Å². The Kier molecular flexibility index (Phi) is 5.75. The molecule has 0 spiro atoms. The lowest BCUT2D eigenvalue weighted by Crippen LogP contribution is -2.34. The average molecular weight is 414 g/mol. The summed E-state index contributed by atoms with van der Waals surface area (Å²) in [7, 11) is -3.30. The Balaban J connectivity index is 0.00000210. The molecular formula is C19H28ClN3O3S. The Morgan fingerprint density at radius 2 is 1.78 bits per heavy atom. The van der Waals surface area contributed by atoms with Crippen molar-refractivity contribution >= 4 is 34.0 Å². The van der Waals surface area contributed by atoms with Gasteiger partial charge in [-0.2, -0.15) is 0 Å². The lowest BCUT2D eigenvalue weighted by Gasteiger charge is -2.23. The standard InChI is InChI=1S/C19H27N3O3S.ClH/c1-13-9-17-10-14(3-4-18(17)22(13)26(2,24)25)19(23)21-7-5-15-11-20-12-16(15)6-8-21;/h3-4,10,13,15-16,20H,5-9,11-12H2,1-2H3;1H/t13?,15-,16+;. The molecule has 1 N–H and O–H groups in total. The Hall–Kier alpha value is -1.31. The summed E-state index contributed by atoms with van der Waals surface area (Å²) in [5, 5.41) is 3.46. The van der Waals surface area contributed by atoms with Crippen LogP contribution in [0.4, 0.5) is 5.69 Å². The lowest BCUT2D eigenvalue weighted by molar-refractivity contribution is 0.0758. The molecule has 3 aliphatic heterocycles. The minimum atomic E-state index is -3.30. The van der Waals surface area contributed by atoms with E-state index in [1.165, 1.54) is 10.6 Å². The monoisotopic (exact) mass is 413 g/mol. The highest BCUT2D eigenvalue weighted by Gasteiger charge is 2.34. The molecule has 1 aromatic carbocycles. The molecule has 3 aliphatic rings. The highest BCUT2D eigenvalue weighted by Crippen LogP contribution is 2.35. The van der Waals surface area contributed by atoms with Crippen LogP contribution in [0.25, 0.3) is 0 Å². The van der Waals surface area contributed by atoms with E-state index in [1.807, 2.05) is 17.9 Å². The van der Waals surface area contributed by atoms with E-state index in [2.05, 4.69) is 5.32 Å². The van der Waals surface area contributed by atoms with Crippen LogP contribution in [-0.2, 0) is 16.4 Å². The van der Waals surface area contributed by atoms with E-state index in [0.29, 0.717) is 29.5 Å². The first kappa shape index (κ1) is 20.4. The first-order valence-corrected chi connectivity index (χ1v) is 11.3. The van der Waals surface area contributed by atoms with Crippen molar-refractivity contribution in [2.75, 3.05) is 36.7 Å². The third-order valence-corrected chi connectivity index (χ3v) is 7.41. The van der Waals surface area contributed by atoms with Crippen LogP contribution in [0.2, 0.25) is 0 Å². The van der Waals surface area contributed by atoms with E-state index >= 15 is 0 Å². The van der Waals surface area contributed by atoms with Gasteiger partial charge in [-0.15, -0.1) is 12.4 Å². The van der Waals surface area contributed by atoms with Gasteiger partial charge in [-0.1, -0.05) is 0 Å². The maximum atomic E-state index is 13.0. The van der Waals surface area contributed by atoms with Crippen molar-refractivity contribution in [3.63, 3.8) is 0 Å². The highest BCUT2D eigenvalue weighted by atomic mass is 35.5. The molecule has 6 nitrogen and oxygen atoms in total. The maximum absolute atomic E-state index is 13.0. The summed E-state index contributed by atoms with van der Waals surface area (Å²) in [4.78, 5) is 15.0. The smallest absolute Gasteiger partial charge is 0.253 e. The number of hydrogen-bond donors (Lipinski definition) is 1. The first-order chi connectivity index (χ1) is 12.3. The number of halogens is 1. The van der Waals surface area contributed by atoms with Crippen LogP contribution < -0.4 is 9.62 Å². The van der Waals surface area contributed by atoms with E-state index in [4.69, 9.17) is 0 Å². The van der Waals surface area contributed by atoms with Gasteiger partial charge in [0.15, 0.2) is 0 Å². The molecule has 1 amide bonds. The minimum Gasteiger partial charge on any atom is -0.339 e. The third-order valence-electron chi connectivity index (χ3n) is 6.14. The molecule has 2 saturated heterocycles. The second-order valence-electron chi connectivity index (χ2n) is 8.00. The number of hydrogen-bond acceptors (Lipinski definition) is 4. The average Bonchev–Trinajstić information content (AvgIpc) is 3.10. The Morgan fingerprint density at radius 3 is 2.37 bits per heavy atom. The molecule has 0 saturated carbocycles. The molecule has 1 unspecified atom stereocenters. The second-order valence-corrected chi connectivity index (χ2v) is 9.86. The zero-order valence-electron chi connectivity index (χ0n) is 15.8. The van der Waals surface area contributed by atoms with E-state index in [9.17, 15) is 13.2 Å². The first-order valence-electron chi connectivity index (χ1n) is 9.47. The number of fused-ring (bicyclic) bond motifs is 2. The van der Waals surface area contributed by atoms with Gasteiger partial charge < -0.3 is 10.2 Å². The van der Waals surface area contributed by atoms with Gasteiger partial charge in [0, 0.05) is 24.7 Å². The molecule has 1 aromatic rings. The van der Waals surface area contributed by atoms with Gasteiger partial charge in [0.2, 0.25) is 10.0 Å². The Labute approximate surface area is 167 Å². The fourth-order valence-corrected chi connectivity index (χ4v) is 6.11. The fraction of sp³-hybridized carbons (Fsp3) is 0.632. The summed E-state index contributed by atoms with van der Waals surface area (Å²) in [6.45, 7) is 5.68. The number of carbonyl (C=O) groups is 1. The lowest BCUT2D eigenvalue weighted by atomic mass is 9.92. The number of anilines is 1. The molecule has 4 rings (SSSR count). The van der Waals surface area contributed by atoms with Crippen LogP contribution >= 0.6 is 12.4 Å². The zero-order chi connectivity index (χ0) is 18.5. The largest absolute Gasteiger partial charge is 0.339 e. The number of benzene rings is 1. The van der Waals surface area contributed by atoms with Crippen molar-refractivity contribution in [3.8, 4) is 0 Å². The molecule has 3 atom stereocenters. The number of nitrogens with one attached hydrogen (secondary N) is 1. The summed E-state index contributed by atoms with van der Waals surface area (Å²) in [5.41, 5.74) is 2.34. The summed E-state index contributed by atoms with van der Waals surface area (Å²) < 4.78 is 25.6. The molecule has 0 radical (unpaired) electrons. The Bertz CT molecular complexity index is 815. The van der Waals surface area contributed by atoms with Crippen LogP contribution in [0.5, 0.6) is 0 Å². The number of sulfonamides is 1. The SMILES string of the molecule is CC1Cc2cc(C(=O)N3CC[C@@H]4CNC[C@@H]4CC3)ccc2N1S(C)(=O)=O.Cl. The zero-order valence-corrected chi connectivity index (χ0v) is 17.5. The van der Waals surface area contributed by atoms with Gasteiger partial charge in [-0.05, 0) is 74.9 Å². The van der Waals surface area contributed by atoms with Crippen molar-refractivity contribution in [1.82, 2.24) is 10.2 Å². The van der Waals surface area contributed by atoms with E-state index in [0.717, 1.165) is 44.6 Å². The summed E-state index contributed by atoms with van der Waals surface area (Å²) in [6, 6.07) is 5.37. The van der Waals surface area contributed by atoms with Crippen molar-refractivity contribution in [2.24, 2.45) is 11.8 Å². The van der Waals surface area contributed by atoms with Gasteiger partial charge in [-0.25, -0.2) is 8.42 Å². The van der Waals surface area contributed by atoms with Crippen molar-refractivity contribution < 1.29 is 13.2 Å². The van der Waals surface area contributed by atoms with Crippen molar-refractivity contribution in [3.05, 3.63) is 29.3 Å². The van der Waals surface area contributed by atoms with Gasteiger partial charge in [0.25, 0.3) is 5.91 Å². The van der Waals surface area contributed by atoms with Crippen LogP contribution in [-0.4, -0.2) is 57.7 Å². The Morgan fingerprint density at radius 1 is 1.15 bits per heavy atom. The van der Waals surface area contributed by atoms with Crippen molar-refractivity contribution in [2.45, 2.75) is 32.2 Å². The van der Waals surface area contributed by atoms with E-state index in [-0.39, 0.29) is 24.4 Å². The van der Waals surface area contributed by atoms with Gasteiger partial charge in [-0.3, -0.25) is 9.10 Å². The van der Waals surface area contributed by atoms with Crippen molar-refractivity contribution in [1.29, 1.82) is 0 Å². The molecule has 0 aromatic heterocycles. The van der Waals surface area contributed by atoms with Crippen LogP contribution in [0.1, 0.15) is 35.7 Å². The van der Waals surface area contributed by atoms with Crippen LogP contribution in [0.15, 0.2) is 18.2 Å². The number of nitrogens with zero attached hydrogens (tertiary/aromatic N) is 2. The van der Waals surface area contributed by atoms with Gasteiger partial charge in [0.1, 0.15) is 0 Å². The fourth-order valence-electron chi connectivity index (χ4n) is 4.84. The molecule has 0 bridgehead atoms. The number of likely N-dealkylation sites (tertiary alicyclic amines) is 1. The third kappa shape index (κ3) is 3.82. The molecule has 8 heteroatoms. The molecule has 150 valence electrons. The summed E-state index contributed by atoms with van der Waals surface area (Å²) >= 11 is 0. The molecule has 2 fully saturated rings. The minimum absolute atomic E-state index is 0. The predicted octanol–water partition coefficient (Wildman–Crippen LogP) is 1.89. The number of carbonyl (C=O) groups excluding carboxylic acids is 1. The van der Waals surface area contributed by atoms with E-state index < -0.39 is 10.0 Å². The molecular weight excluding hydrogens is 386 g/mol.